The molecule has 0 aromatic heterocycles. The van der Waals surface area contributed by atoms with Crippen LogP contribution < -0.4 is 15.8 Å². The van der Waals surface area contributed by atoms with E-state index in [4.69, 9.17) is 10.5 Å². The third-order valence-corrected chi connectivity index (χ3v) is 2.51. The average molecular weight is 282 g/mol. The summed E-state index contributed by atoms with van der Waals surface area (Å²) in [5.74, 6) is -1.01. The lowest BCUT2D eigenvalue weighted by Crippen LogP contribution is -2.37. The molecule has 0 spiro atoms. The molecule has 0 saturated heterocycles. The van der Waals surface area contributed by atoms with Crippen molar-refractivity contribution in [3.05, 3.63) is 23.8 Å². The van der Waals surface area contributed by atoms with Gasteiger partial charge in [0.2, 0.25) is 0 Å². The lowest BCUT2D eigenvalue weighted by atomic mass is 10.1. The number of aliphatic hydroxyl groups excluding tert-OH is 1. The van der Waals surface area contributed by atoms with Gasteiger partial charge in [-0.3, -0.25) is 4.79 Å². The zero-order valence-corrected chi connectivity index (χ0v) is 11.4. The number of methoxy groups -OCH3 is 1. The van der Waals surface area contributed by atoms with Gasteiger partial charge in [-0.25, -0.2) is 4.79 Å². The number of hydrogen-bond donors (Lipinski definition) is 3. The molecule has 7 heteroatoms. The highest BCUT2D eigenvalue weighted by Crippen LogP contribution is 2.24. The van der Waals surface area contributed by atoms with E-state index in [0.29, 0.717) is 12.4 Å². The van der Waals surface area contributed by atoms with Crippen LogP contribution in [0.25, 0.3) is 0 Å². The van der Waals surface area contributed by atoms with E-state index >= 15 is 0 Å². The highest BCUT2D eigenvalue weighted by molar-refractivity contribution is 6.02. The van der Waals surface area contributed by atoms with E-state index in [-0.39, 0.29) is 17.8 Å². The summed E-state index contributed by atoms with van der Waals surface area (Å²) in [5.41, 5.74) is 6.17. The van der Waals surface area contributed by atoms with Crippen molar-refractivity contribution < 1.29 is 24.2 Å². The van der Waals surface area contributed by atoms with Gasteiger partial charge in [0.25, 0.3) is 5.91 Å². The summed E-state index contributed by atoms with van der Waals surface area (Å²) < 4.78 is 9.67. The van der Waals surface area contributed by atoms with Gasteiger partial charge in [0, 0.05) is 5.69 Å². The van der Waals surface area contributed by atoms with Gasteiger partial charge in [-0.2, -0.15) is 0 Å². The van der Waals surface area contributed by atoms with Crippen LogP contribution in [0.3, 0.4) is 0 Å². The molecule has 20 heavy (non-hydrogen) atoms. The minimum absolute atomic E-state index is 0.173. The maximum absolute atomic E-state index is 12.0. The Bertz CT molecular complexity index is 490. The van der Waals surface area contributed by atoms with Crippen molar-refractivity contribution in [3.63, 3.8) is 0 Å². The van der Waals surface area contributed by atoms with E-state index in [1.54, 1.807) is 25.1 Å². The van der Waals surface area contributed by atoms with Gasteiger partial charge in [0.05, 0.1) is 20.3 Å². The molecule has 0 saturated carbocycles. The van der Waals surface area contributed by atoms with Crippen molar-refractivity contribution >= 4 is 17.6 Å². The second-order valence-electron chi connectivity index (χ2n) is 3.90. The number of ether oxygens (including phenoxy) is 2. The Morgan fingerprint density at radius 3 is 2.75 bits per heavy atom. The molecule has 0 bridgehead atoms. The Morgan fingerprint density at radius 1 is 1.45 bits per heavy atom. The fourth-order valence-electron chi connectivity index (χ4n) is 1.56. The Balaban J connectivity index is 2.79. The van der Waals surface area contributed by atoms with Crippen LogP contribution in [0.15, 0.2) is 18.2 Å². The predicted octanol–water partition coefficient (Wildman–Crippen LogP) is -0.0688. The van der Waals surface area contributed by atoms with Crippen LogP contribution in [-0.4, -0.2) is 43.3 Å². The van der Waals surface area contributed by atoms with Crippen LogP contribution in [0.4, 0.5) is 5.69 Å². The molecule has 1 aromatic rings. The zero-order chi connectivity index (χ0) is 15.1. The number of aliphatic hydroxyl groups is 1. The number of rotatable bonds is 6. The highest BCUT2D eigenvalue weighted by Gasteiger charge is 2.20. The predicted molar refractivity (Wildman–Crippen MR) is 72.4 cm³/mol. The number of nitrogens with one attached hydrogen (secondary N) is 1. The smallest absolute Gasteiger partial charge is 0.336 e. The topological polar surface area (TPSA) is 111 Å². The third kappa shape index (κ3) is 3.86. The second kappa shape index (κ2) is 7.34. The standard InChI is InChI=1S/C13H18N2O5/c1-3-20-10-6-4-5-8(14)11(10)12(17)15-7-9(16)13(18)19-2/h4-6,9,16H,3,7,14H2,1-2H3,(H,15,17). The maximum atomic E-state index is 12.0. The molecule has 1 amide bonds. The van der Waals surface area contributed by atoms with Gasteiger partial charge in [-0.1, -0.05) is 6.07 Å². The second-order valence-corrected chi connectivity index (χ2v) is 3.90. The molecular formula is C13H18N2O5. The molecule has 4 N–H and O–H groups in total. The Labute approximate surface area is 116 Å². The quantitative estimate of drug-likeness (QED) is 0.497. The summed E-state index contributed by atoms with van der Waals surface area (Å²) in [4.78, 5) is 23.1. The molecular weight excluding hydrogens is 264 g/mol. The Hall–Kier alpha value is -2.28. The monoisotopic (exact) mass is 282 g/mol. The fraction of sp³-hybridized carbons (Fsp3) is 0.385. The summed E-state index contributed by atoms with van der Waals surface area (Å²) >= 11 is 0. The molecule has 0 fully saturated rings. The zero-order valence-electron chi connectivity index (χ0n) is 11.4. The van der Waals surface area contributed by atoms with Crippen LogP contribution in [-0.2, 0) is 9.53 Å². The molecule has 110 valence electrons. The fourth-order valence-corrected chi connectivity index (χ4v) is 1.56. The number of hydrogen-bond acceptors (Lipinski definition) is 6. The van der Waals surface area contributed by atoms with E-state index in [2.05, 4.69) is 10.1 Å². The molecule has 0 radical (unpaired) electrons. The van der Waals surface area contributed by atoms with Crippen molar-refractivity contribution in [2.24, 2.45) is 0 Å². The van der Waals surface area contributed by atoms with Crippen LogP contribution in [0.1, 0.15) is 17.3 Å². The van der Waals surface area contributed by atoms with Crippen LogP contribution >= 0.6 is 0 Å². The largest absolute Gasteiger partial charge is 0.493 e. The van der Waals surface area contributed by atoms with Crippen LogP contribution in [0, 0.1) is 0 Å². The number of anilines is 1. The third-order valence-electron chi connectivity index (χ3n) is 2.51. The van der Waals surface area contributed by atoms with Gasteiger partial charge in [0.15, 0.2) is 6.10 Å². The van der Waals surface area contributed by atoms with Crippen molar-refractivity contribution in [2.75, 3.05) is 26.0 Å². The minimum Gasteiger partial charge on any atom is -0.493 e. The van der Waals surface area contributed by atoms with Crippen molar-refractivity contribution in [1.82, 2.24) is 5.32 Å². The van der Waals surface area contributed by atoms with E-state index in [0.717, 1.165) is 7.11 Å². The van der Waals surface area contributed by atoms with E-state index in [1.807, 2.05) is 0 Å². The first-order valence-corrected chi connectivity index (χ1v) is 6.06. The van der Waals surface area contributed by atoms with Gasteiger partial charge >= 0.3 is 5.97 Å². The van der Waals surface area contributed by atoms with Crippen LogP contribution in [0.2, 0.25) is 0 Å². The van der Waals surface area contributed by atoms with Crippen molar-refractivity contribution in [3.8, 4) is 5.75 Å². The molecule has 0 heterocycles. The molecule has 1 atom stereocenters. The van der Waals surface area contributed by atoms with Crippen LogP contribution in [0.5, 0.6) is 5.75 Å². The van der Waals surface area contributed by atoms with Gasteiger partial charge < -0.3 is 25.6 Å². The summed E-state index contributed by atoms with van der Waals surface area (Å²) in [6.07, 6.45) is -1.43. The van der Waals surface area contributed by atoms with Crippen molar-refractivity contribution in [1.29, 1.82) is 0 Å². The molecule has 1 rings (SSSR count). The van der Waals surface area contributed by atoms with Gasteiger partial charge in [-0.15, -0.1) is 0 Å². The number of amides is 1. The molecule has 7 nitrogen and oxygen atoms in total. The first-order chi connectivity index (χ1) is 9.51. The first-order valence-electron chi connectivity index (χ1n) is 6.06. The molecule has 1 aromatic carbocycles. The molecule has 0 aliphatic rings. The number of carbonyl (C=O) groups excluding carboxylic acids is 2. The number of carbonyl (C=O) groups is 2. The normalized spacial score (nSPS) is 11.6. The highest BCUT2D eigenvalue weighted by atomic mass is 16.5. The lowest BCUT2D eigenvalue weighted by molar-refractivity contribution is -0.149. The molecule has 1 unspecified atom stereocenters. The SMILES string of the molecule is CCOc1cccc(N)c1C(=O)NCC(O)C(=O)OC. The molecule has 0 aliphatic carbocycles. The molecule has 0 aliphatic heterocycles. The maximum Gasteiger partial charge on any atom is 0.336 e. The summed E-state index contributed by atoms with van der Waals surface area (Å²) in [6, 6.07) is 4.85. The van der Waals surface area contributed by atoms with Crippen molar-refractivity contribution in [2.45, 2.75) is 13.0 Å². The number of esters is 1. The minimum atomic E-state index is -1.43. The number of nitrogen functional groups attached to an aromatic ring is 1. The number of benzene rings is 1. The first kappa shape index (κ1) is 15.8. The Morgan fingerprint density at radius 2 is 2.15 bits per heavy atom. The average Bonchev–Trinajstić information content (AvgIpc) is 2.44. The van der Waals surface area contributed by atoms with Gasteiger partial charge in [-0.05, 0) is 19.1 Å². The van der Waals surface area contributed by atoms with E-state index in [1.165, 1.54) is 0 Å². The Kier molecular flexibility index (Phi) is 5.79. The number of nitrogens with two attached hydrogens (primary N) is 1. The lowest BCUT2D eigenvalue weighted by Gasteiger charge is -2.14. The van der Waals surface area contributed by atoms with E-state index < -0.39 is 18.0 Å². The summed E-state index contributed by atoms with van der Waals surface area (Å²) in [7, 11) is 1.15. The van der Waals surface area contributed by atoms with E-state index in [9.17, 15) is 14.7 Å². The summed E-state index contributed by atoms with van der Waals surface area (Å²) in [6.45, 7) is 1.89. The summed E-state index contributed by atoms with van der Waals surface area (Å²) in [5, 5.41) is 11.8. The van der Waals surface area contributed by atoms with Gasteiger partial charge in [0.1, 0.15) is 11.3 Å².